The van der Waals surface area contributed by atoms with Gasteiger partial charge in [0.1, 0.15) is 0 Å². The van der Waals surface area contributed by atoms with E-state index in [0.717, 1.165) is 17.0 Å². The van der Waals surface area contributed by atoms with Crippen molar-refractivity contribution in [2.75, 3.05) is 18.0 Å². The van der Waals surface area contributed by atoms with E-state index in [9.17, 15) is 18.0 Å². The molecule has 0 radical (unpaired) electrons. The number of methoxy groups -OCH3 is 1. The van der Waals surface area contributed by atoms with E-state index in [4.69, 9.17) is 0 Å². The summed E-state index contributed by atoms with van der Waals surface area (Å²) >= 11 is 0. The molecule has 1 heterocycles. The van der Waals surface area contributed by atoms with Crippen LogP contribution in [0.4, 0.5) is 10.5 Å². The minimum absolute atomic E-state index is 0.0783. The molecule has 1 N–H and O–H groups in total. The first-order valence-corrected chi connectivity index (χ1v) is 7.81. The molecule has 0 fully saturated rings. The zero-order valence-electron chi connectivity index (χ0n) is 11.8. The largest absolute Gasteiger partial charge is 0.452 e. The van der Waals surface area contributed by atoms with Crippen LogP contribution in [0.2, 0.25) is 0 Å². The molecule has 1 aliphatic heterocycles. The van der Waals surface area contributed by atoms with Crippen molar-refractivity contribution >= 4 is 27.8 Å². The molecule has 0 saturated carbocycles. The number of anilines is 1. The van der Waals surface area contributed by atoms with Crippen LogP contribution in [0.25, 0.3) is 0 Å². The van der Waals surface area contributed by atoms with Crippen LogP contribution in [0.5, 0.6) is 0 Å². The normalized spacial score (nSPS) is 14.3. The number of nitrogens with zero attached hydrogens (tertiary/aromatic N) is 1. The number of aryl methyl sites for hydroxylation is 1. The summed E-state index contributed by atoms with van der Waals surface area (Å²) in [5, 5.41) is 0. The summed E-state index contributed by atoms with van der Waals surface area (Å²) in [5.41, 5.74) is 1.78. The van der Waals surface area contributed by atoms with Gasteiger partial charge in [-0.2, -0.15) is 8.42 Å². The lowest BCUT2D eigenvalue weighted by Gasteiger charge is -2.30. The van der Waals surface area contributed by atoms with Gasteiger partial charge in [-0.1, -0.05) is 0 Å². The number of carbonyl (C=O) groups is 2. The van der Waals surface area contributed by atoms with Gasteiger partial charge in [-0.25, -0.2) is 9.52 Å². The molecular formula is C13H16N2O5S. The second-order valence-corrected chi connectivity index (χ2v) is 6.27. The first-order chi connectivity index (χ1) is 9.85. The molecule has 0 aromatic heterocycles. The topological polar surface area (TPSA) is 92.8 Å². The van der Waals surface area contributed by atoms with Crippen molar-refractivity contribution < 1.29 is 22.7 Å². The maximum Gasteiger partial charge on any atom is 0.422 e. The van der Waals surface area contributed by atoms with Crippen molar-refractivity contribution in [3.8, 4) is 0 Å². The monoisotopic (exact) mass is 312 g/mol. The van der Waals surface area contributed by atoms with Gasteiger partial charge in [-0.3, -0.25) is 9.10 Å². The molecule has 1 amide bonds. The number of nitrogens with one attached hydrogen (secondary N) is 1. The quantitative estimate of drug-likeness (QED) is 0.848. The summed E-state index contributed by atoms with van der Waals surface area (Å²) in [7, 11) is -2.93. The van der Waals surface area contributed by atoms with E-state index >= 15 is 0 Å². The third-order valence-electron chi connectivity index (χ3n) is 3.25. The summed E-state index contributed by atoms with van der Waals surface area (Å²) < 4.78 is 31.6. The summed E-state index contributed by atoms with van der Waals surface area (Å²) in [6.07, 6.45) is 0.249. The standard InChI is InChI=1S/C13H16N2O5S/c1-9(16)10-5-6-12-11(8-10)4-3-7-15(12)21(18,19)14-13(17)20-2/h5-6,8H,3-4,7H2,1-2H3,(H,14,17). The Kier molecular flexibility index (Phi) is 4.17. The maximum absolute atomic E-state index is 12.2. The zero-order valence-corrected chi connectivity index (χ0v) is 12.6. The average molecular weight is 312 g/mol. The van der Waals surface area contributed by atoms with E-state index in [1.54, 1.807) is 18.2 Å². The van der Waals surface area contributed by atoms with E-state index in [2.05, 4.69) is 4.74 Å². The highest BCUT2D eigenvalue weighted by Gasteiger charge is 2.29. The van der Waals surface area contributed by atoms with Crippen LogP contribution in [0, 0.1) is 0 Å². The SMILES string of the molecule is COC(=O)NS(=O)(=O)N1CCCc2cc(C(C)=O)ccc21. The number of hydrogen-bond acceptors (Lipinski definition) is 5. The Morgan fingerprint density at radius 2 is 2.05 bits per heavy atom. The first-order valence-electron chi connectivity index (χ1n) is 6.37. The van der Waals surface area contributed by atoms with Gasteiger partial charge in [0.15, 0.2) is 5.78 Å². The van der Waals surface area contributed by atoms with Crippen LogP contribution in [0.15, 0.2) is 18.2 Å². The molecular weight excluding hydrogens is 296 g/mol. The predicted molar refractivity (Wildman–Crippen MR) is 76.6 cm³/mol. The minimum atomic E-state index is -4.02. The number of hydrogen-bond donors (Lipinski definition) is 1. The molecule has 8 heteroatoms. The van der Waals surface area contributed by atoms with Crippen molar-refractivity contribution in [1.29, 1.82) is 0 Å². The number of fused-ring (bicyclic) bond motifs is 1. The van der Waals surface area contributed by atoms with E-state index in [1.165, 1.54) is 6.92 Å². The second-order valence-electron chi connectivity index (χ2n) is 4.67. The Labute approximate surface area is 123 Å². The highest BCUT2D eigenvalue weighted by Crippen LogP contribution is 2.29. The Bertz CT molecular complexity index is 684. The second kappa shape index (κ2) is 5.72. The Morgan fingerprint density at radius 3 is 2.67 bits per heavy atom. The van der Waals surface area contributed by atoms with Crippen LogP contribution < -0.4 is 9.03 Å². The summed E-state index contributed by atoms with van der Waals surface area (Å²) in [6, 6.07) is 4.85. The van der Waals surface area contributed by atoms with Crippen molar-refractivity contribution in [2.24, 2.45) is 0 Å². The van der Waals surface area contributed by atoms with Crippen LogP contribution in [0.1, 0.15) is 29.3 Å². The number of benzene rings is 1. The number of Topliss-reactive ketones (excluding diaryl/α,β-unsaturated/α-hetero) is 1. The van der Waals surface area contributed by atoms with Crippen LogP contribution >= 0.6 is 0 Å². The molecule has 1 aromatic rings. The summed E-state index contributed by atoms with van der Waals surface area (Å²) in [5.74, 6) is -0.0783. The summed E-state index contributed by atoms with van der Waals surface area (Å²) in [4.78, 5) is 22.5. The zero-order chi connectivity index (χ0) is 15.6. The van der Waals surface area contributed by atoms with E-state index in [0.29, 0.717) is 24.1 Å². The van der Waals surface area contributed by atoms with Gasteiger partial charge >= 0.3 is 16.3 Å². The lowest BCUT2D eigenvalue weighted by atomic mass is 9.99. The highest BCUT2D eigenvalue weighted by molar-refractivity contribution is 7.91. The highest BCUT2D eigenvalue weighted by atomic mass is 32.2. The van der Waals surface area contributed by atoms with Crippen LogP contribution in [0.3, 0.4) is 0 Å². The van der Waals surface area contributed by atoms with E-state index in [-0.39, 0.29) is 12.3 Å². The Morgan fingerprint density at radius 1 is 1.33 bits per heavy atom. The molecule has 1 aliphatic rings. The van der Waals surface area contributed by atoms with Crippen molar-refractivity contribution in [2.45, 2.75) is 19.8 Å². The van der Waals surface area contributed by atoms with Gasteiger partial charge in [0.2, 0.25) is 0 Å². The lowest BCUT2D eigenvalue weighted by Crippen LogP contribution is -2.45. The number of carbonyl (C=O) groups excluding carboxylic acids is 2. The van der Waals surface area contributed by atoms with Crippen molar-refractivity contribution in [3.05, 3.63) is 29.3 Å². The van der Waals surface area contributed by atoms with Gasteiger partial charge in [0, 0.05) is 12.1 Å². The van der Waals surface area contributed by atoms with Crippen molar-refractivity contribution in [3.63, 3.8) is 0 Å². The van der Waals surface area contributed by atoms with Crippen LogP contribution in [-0.4, -0.2) is 33.9 Å². The fraction of sp³-hybridized carbons (Fsp3) is 0.385. The number of ether oxygens (including phenoxy) is 1. The summed E-state index contributed by atoms with van der Waals surface area (Å²) in [6.45, 7) is 1.72. The third-order valence-corrected chi connectivity index (χ3v) is 4.63. The van der Waals surface area contributed by atoms with Gasteiger partial charge in [0.05, 0.1) is 12.8 Å². The van der Waals surface area contributed by atoms with Crippen LogP contribution in [-0.2, 0) is 21.4 Å². The molecule has 0 aliphatic carbocycles. The number of amides is 1. The Hall–Kier alpha value is -2.09. The smallest absolute Gasteiger partial charge is 0.422 e. The van der Waals surface area contributed by atoms with Crippen molar-refractivity contribution in [1.82, 2.24) is 4.72 Å². The lowest BCUT2D eigenvalue weighted by molar-refractivity contribution is 0.101. The van der Waals surface area contributed by atoms with Gasteiger partial charge in [0.25, 0.3) is 0 Å². The molecule has 0 bridgehead atoms. The predicted octanol–water partition coefficient (Wildman–Crippen LogP) is 1.24. The molecule has 0 atom stereocenters. The van der Waals surface area contributed by atoms with Gasteiger partial charge < -0.3 is 4.74 Å². The Balaban J connectivity index is 2.38. The maximum atomic E-state index is 12.2. The molecule has 2 rings (SSSR count). The molecule has 7 nitrogen and oxygen atoms in total. The minimum Gasteiger partial charge on any atom is -0.452 e. The molecule has 21 heavy (non-hydrogen) atoms. The van der Waals surface area contributed by atoms with Gasteiger partial charge in [-0.05, 0) is 43.5 Å². The molecule has 0 spiro atoms. The molecule has 114 valence electrons. The molecule has 0 saturated heterocycles. The third kappa shape index (κ3) is 3.15. The number of ketones is 1. The molecule has 0 unspecified atom stereocenters. The van der Waals surface area contributed by atoms with E-state index in [1.807, 2.05) is 4.72 Å². The number of rotatable bonds is 3. The average Bonchev–Trinajstić information content (AvgIpc) is 2.45. The van der Waals surface area contributed by atoms with E-state index < -0.39 is 16.3 Å². The fourth-order valence-electron chi connectivity index (χ4n) is 2.23. The first kappa shape index (κ1) is 15.3. The fourth-order valence-corrected chi connectivity index (χ4v) is 3.44. The molecule has 1 aromatic carbocycles. The van der Waals surface area contributed by atoms with Gasteiger partial charge in [-0.15, -0.1) is 0 Å².